The van der Waals surface area contributed by atoms with Crippen molar-refractivity contribution < 1.29 is 4.74 Å². The summed E-state index contributed by atoms with van der Waals surface area (Å²) < 4.78 is 5.79. The Morgan fingerprint density at radius 3 is 2.93 bits per heavy atom. The van der Waals surface area contributed by atoms with Crippen LogP contribution in [-0.2, 0) is 0 Å². The normalized spacial score (nSPS) is 21.3. The second-order valence-electron chi connectivity index (χ2n) is 3.66. The first kappa shape index (κ1) is 11.1. The van der Waals surface area contributed by atoms with Crippen LogP contribution in [0.25, 0.3) is 0 Å². The summed E-state index contributed by atoms with van der Waals surface area (Å²) in [6.45, 7) is 1.95. The Morgan fingerprint density at radius 1 is 1.33 bits per heavy atom. The highest BCUT2D eigenvalue weighted by atomic mass is 35.5. The van der Waals surface area contributed by atoms with E-state index in [0.29, 0.717) is 15.8 Å². The van der Waals surface area contributed by atoms with Gasteiger partial charge in [-0.2, -0.15) is 0 Å². The number of ether oxygens (including phenoxy) is 1. The molecule has 1 fully saturated rings. The van der Waals surface area contributed by atoms with E-state index in [9.17, 15) is 0 Å². The molecule has 0 bridgehead atoms. The van der Waals surface area contributed by atoms with Crippen molar-refractivity contribution in [2.24, 2.45) is 0 Å². The van der Waals surface area contributed by atoms with Gasteiger partial charge in [-0.15, -0.1) is 0 Å². The zero-order chi connectivity index (χ0) is 10.7. The number of hydrogen-bond donors (Lipinski definition) is 1. The molecule has 0 unspecified atom stereocenters. The van der Waals surface area contributed by atoms with Crippen LogP contribution in [0.1, 0.15) is 12.8 Å². The molecule has 0 aliphatic carbocycles. The first-order valence-corrected chi connectivity index (χ1v) is 5.84. The third-order valence-electron chi connectivity index (χ3n) is 2.44. The van der Waals surface area contributed by atoms with E-state index in [1.54, 1.807) is 18.2 Å². The maximum Gasteiger partial charge on any atom is 0.139 e. The van der Waals surface area contributed by atoms with Crippen molar-refractivity contribution in [3.63, 3.8) is 0 Å². The molecule has 1 N–H and O–H groups in total. The summed E-state index contributed by atoms with van der Waals surface area (Å²) in [5.74, 6) is 0.679. The molecule has 0 aromatic heterocycles. The third kappa shape index (κ3) is 3.00. The predicted octanol–water partition coefficient (Wildman–Crippen LogP) is 3.12. The van der Waals surface area contributed by atoms with Crippen LogP contribution >= 0.6 is 23.2 Å². The molecule has 1 aliphatic heterocycles. The average Bonchev–Trinajstić information content (AvgIpc) is 2.25. The van der Waals surface area contributed by atoms with E-state index in [2.05, 4.69) is 5.32 Å². The van der Waals surface area contributed by atoms with Crippen LogP contribution in [0, 0.1) is 0 Å². The topological polar surface area (TPSA) is 21.3 Å². The van der Waals surface area contributed by atoms with Crippen molar-refractivity contribution in [1.82, 2.24) is 5.32 Å². The molecule has 0 spiro atoms. The molecule has 1 heterocycles. The Labute approximate surface area is 99.5 Å². The summed E-state index contributed by atoms with van der Waals surface area (Å²) in [5, 5.41) is 4.55. The monoisotopic (exact) mass is 245 g/mol. The Bertz CT molecular complexity index is 337. The lowest BCUT2D eigenvalue weighted by Crippen LogP contribution is -2.37. The van der Waals surface area contributed by atoms with E-state index < -0.39 is 0 Å². The first-order valence-electron chi connectivity index (χ1n) is 5.08. The maximum atomic E-state index is 6.01. The highest BCUT2D eigenvalue weighted by Crippen LogP contribution is 2.29. The van der Waals surface area contributed by atoms with Gasteiger partial charge in [-0.1, -0.05) is 23.2 Å². The molecule has 1 saturated heterocycles. The lowest BCUT2D eigenvalue weighted by atomic mass is 10.1. The predicted molar refractivity (Wildman–Crippen MR) is 63.0 cm³/mol. The van der Waals surface area contributed by atoms with Gasteiger partial charge in [-0.05, 0) is 31.5 Å². The fourth-order valence-electron chi connectivity index (χ4n) is 1.67. The van der Waals surface area contributed by atoms with Gasteiger partial charge in [-0.3, -0.25) is 0 Å². The van der Waals surface area contributed by atoms with Gasteiger partial charge in [0, 0.05) is 17.6 Å². The molecular formula is C11H13Cl2NO. The molecule has 82 valence electrons. The standard InChI is InChI=1S/C11H13Cl2NO/c12-8-3-4-10(13)11(6-8)15-9-2-1-5-14-7-9/h3-4,6,9,14H,1-2,5,7H2/t9-/m1/s1. The smallest absolute Gasteiger partial charge is 0.139 e. The van der Waals surface area contributed by atoms with E-state index in [1.807, 2.05) is 0 Å². The van der Waals surface area contributed by atoms with Crippen molar-refractivity contribution in [2.75, 3.05) is 13.1 Å². The SMILES string of the molecule is Clc1ccc(Cl)c(O[C@@H]2CCCNC2)c1. The fourth-order valence-corrected chi connectivity index (χ4v) is 1.99. The van der Waals surface area contributed by atoms with Crippen LogP contribution < -0.4 is 10.1 Å². The zero-order valence-electron chi connectivity index (χ0n) is 8.30. The summed E-state index contributed by atoms with van der Waals surface area (Å²) in [4.78, 5) is 0. The Hall–Kier alpha value is -0.440. The second-order valence-corrected chi connectivity index (χ2v) is 4.50. The van der Waals surface area contributed by atoms with E-state index in [1.165, 1.54) is 0 Å². The fraction of sp³-hybridized carbons (Fsp3) is 0.455. The lowest BCUT2D eigenvalue weighted by molar-refractivity contribution is 0.167. The molecule has 2 rings (SSSR count). The molecule has 1 atom stereocenters. The van der Waals surface area contributed by atoms with E-state index in [-0.39, 0.29) is 6.10 Å². The van der Waals surface area contributed by atoms with Gasteiger partial charge in [-0.25, -0.2) is 0 Å². The summed E-state index contributed by atoms with van der Waals surface area (Å²) in [6, 6.07) is 5.28. The Morgan fingerprint density at radius 2 is 2.20 bits per heavy atom. The first-order chi connectivity index (χ1) is 7.25. The Kier molecular flexibility index (Phi) is 3.73. The zero-order valence-corrected chi connectivity index (χ0v) is 9.81. The largest absolute Gasteiger partial charge is 0.487 e. The van der Waals surface area contributed by atoms with Gasteiger partial charge in [0.15, 0.2) is 0 Å². The molecule has 1 aliphatic rings. The van der Waals surface area contributed by atoms with E-state index in [4.69, 9.17) is 27.9 Å². The summed E-state index contributed by atoms with van der Waals surface area (Å²) >= 11 is 11.9. The van der Waals surface area contributed by atoms with Crippen LogP contribution in [0.4, 0.5) is 0 Å². The maximum absolute atomic E-state index is 6.01. The van der Waals surface area contributed by atoms with Crippen LogP contribution in [0.3, 0.4) is 0 Å². The average molecular weight is 246 g/mol. The summed E-state index contributed by atoms with van der Waals surface area (Å²) in [6.07, 6.45) is 2.41. The van der Waals surface area contributed by atoms with E-state index >= 15 is 0 Å². The van der Waals surface area contributed by atoms with Crippen LogP contribution in [0.5, 0.6) is 5.75 Å². The number of nitrogens with one attached hydrogen (secondary N) is 1. The molecule has 0 radical (unpaired) electrons. The minimum atomic E-state index is 0.203. The van der Waals surface area contributed by atoms with Crippen molar-refractivity contribution in [1.29, 1.82) is 0 Å². The van der Waals surface area contributed by atoms with Crippen LogP contribution in [0.2, 0.25) is 10.0 Å². The van der Waals surface area contributed by atoms with Crippen molar-refractivity contribution in [2.45, 2.75) is 18.9 Å². The van der Waals surface area contributed by atoms with Gasteiger partial charge < -0.3 is 10.1 Å². The summed E-state index contributed by atoms with van der Waals surface area (Å²) in [5.41, 5.74) is 0. The van der Waals surface area contributed by atoms with E-state index in [0.717, 1.165) is 25.9 Å². The number of hydrogen-bond acceptors (Lipinski definition) is 2. The number of rotatable bonds is 2. The van der Waals surface area contributed by atoms with Gasteiger partial charge >= 0.3 is 0 Å². The molecule has 2 nitrogen and oxygen atoms in total. The second kappa shape index (κ2) is 5.06. The summed E-state index contributed by atoms with van der Waals surface area (Å²) in [7, 11) is 0. The molecule has 1 aromatic carbocycles. The van der Waals surface area contributed by atoms with Crippen LogP contribution in [-0.4, -0.2) is 19.2 Å². The molecule has 0 amide bonds. The van der Waals surface area contributed by atoms with Gasteiger partial charge in [0.2, 0.25) is 0 Å². The van der Waals surface area contributed by atoms with Crippen molar-refractivity contribution in [3.8, 4) is 5.75 Å². The minimum absolute atomic E-state index is 0.203. The molecule has 0 saturated carbocycles. The third-order valence-corrected chi connectivity index (χ3v) is 2.99. The molecule has 15 heavy (non-hydrogen) atoms. The Balaban J connectivity index is 2.05. The highest BCUT2D eigenvalue weighted by molar-refractivity contribution is 6.34. The van der Waals surface area contributed by atoms with Crippen molar-refractivity contribution >= 4 is 23.2 Å². The number of piperidine rings is 1. The highest BCUT2D eigenvalue weighted by Gasteiger charge is 2.15. The molecular weight excluding hydrogens is 233 g/mol. The quantitative estimate of drug-likeness (QED) is 0.865. The van der Waals surface area contributed by atoms with Crippen LogP contribution in [0.15, 0.2) is 18.2 Å². The lowest BCUT2D eigenvalue weighted by Gasteiger charge is -2.24. The number of halogens is 2. The minimum Gasteiger partial charge on any atom is -0.487 e. The van der Waals surface area contributed by atoms with Gasteiger partial charge in [0.1, 0.15) is 11.9 Å². The molecule has 4 heteroatoms. The molecule has 1 aromatic rings. The number of benzene rings is 1. The van der Waals surface area contributed by atoms with Gasteiger partial charge in [0.25, 0.3) is 0 Å². The van der Waals surface area contributed by atoms with Crippen molar-refractivity contribution in [3.05, 3.63) is 28.2 Å². The van der Waals surface area contributed by atoms with Gasteiger partial charge in [0.05, 0.1) is 5.02 Å².